The second-order valence-corrected chi connectivity index (χ2v) is 6.84. The largest absolute Gasteiger partial charge is 0.351 e. The van der Waals surface area contributed by atoms with Gasteiger partial charge in [0.15, 0.2) is 5.13 Å². The summed E-state index contributed by atoms with van der Waals surface area (Å²) in [5.74, 6) is 0.0280. The summed E-state index contributed by atoms with van der Waals surface area (Å²) >= 11 is 1.57. The van der Waals surface area contributed by atoms with E-state index >= 15 is 0 Å². The zero-order valence-electron chi connectivity index (χ0n) is 13.7. The number of amides is 1. The van der Waals surface area contributed by atoms with E-state index in [1.807, 2.05) is 24.9 Å². The van der Waals surface area contributed by atoms with Crippen LogP contribution in [0.2, 0.25) is 0 Å². The zero-order chi connectivity index (χ0) is 16.8. The van der Waals surface area contributed by atoms with Crippen molar-refractivity contribution in [1.82, 2.24) is 19.9 Å². The number of thiazole rings is 1. The van der Waals surface area contributed by atoms with Crippen LogP contribution < -0.4 is 4.90 Å². The van der Waals surface area contributed by atoms with Gasteiger partial charge in [-0.2, -0.15) is 5.10 Å². The average molecular weight is 343 g/mol. The predicted molar refractivity (Wildman–Crippen MR) is 90.3 cm³/mol. The molecule has 0 saturated carbocycles. The number of nitrogens with zero attached hydrogens (tertiary/aromatic N) is 5. The first-order chi connectivity index (χ1) is 11.6. The van der Waals surface area contributed by atoms with Crippen LogP contribution in [-0.2, 0) is 19.9 Å². The van der Waals surface area contributed by atoms with E-state index in [-0.39, 0.29) is 11.7 Å². The molecular weight excluding hydrogens is 326 g/mol. The van der Waals surface area contributed by atoms with Crippen molar-refractivity contribution in [2.75, 3.05) is 11.4 Å². The Morgan fingerprint density at radius 3 is 3.00 bits per heavy atom. The van der Waals surface area contributed by atoms with E-state index in [4.69, 9.17) is 9.51 Å². The molecule has 0 aliphatic heterocycles. The lowest BCUT2D eigenvalue weighted by atomic mass is 10.0. The number of aryl methyl sites for hydroxylation is 3. The molecule has 0 unspecified atom stereocenters. The van der Waals surface area contributed by atoms with E-state index in [0.29, 0.717) is 17.4 Å². The van der Waals surface area contributed by atoms with Crippen molar-refractivity contribution < 1.29 is 9.32 Å². The Hall–Kier alpha value is -2.48. The van der Waals surface area contributed by atoms with Gasteiger partial charge in [-0.15, -0.1) is 11.3 Å². The molecule has 0 spiro atoms. The van der Waals surface area contributed by atoms with Gasteiger partial charge in [-0.05, 0) is 26.7 Å². The Kier molecular flexibility index (Phi) is 3.49. The van der Waals surface area contributed by atoms with Crippen molar-refractivity contribution in [2.45, 2.75) is 26.7 Å². The second kappa shape index (κ2) is 5.55. The van der Waals surface area contributed by atoms with Gasteiger partial charge in [-0.3, -0.25) is 14.4 Å². The molecule has 1 aliphatic rings. The van der Waals surface area contributed by atoms with Crippen molar-refractivity contribution in [2.24, 2.45) is 7.05 Å². The summed E-state index contributed by atoms with van der Waals surface area (Å²) in [4.78, 5) is 20.3. The van der Waals surface area contributed by atoms with Crippen molar-refractivity contribution in [3.8, 4) is 11.3 Å². The molecule has 3 heterocycles. The highest BCUT2D eigenvalue weighted by Crippen LogP contribution is 2.39. The molecule has 24 heavy (non-hydrogen) atoms. The number of rotatable bonds is 3. The van der Waals surface area contributed by atoms with Gasteiger partial charge in [0, 0.05) is 35.8 Å². The molecule has 0 fully saturated rings. The molecule has 0 atom stereocenters. The summed E-state index contributed by atoms with van der Waals surface area (Å²) in [6.07, 6.45) is 3.73. The predicted octanol–water partition coefficient (Wildman–Crippen LogP) is 2.61. The lowest BCUT2D eigenvalue weighted by Gasteiger charge is -2.15. The van der Waals surface area contributed by atoms with Crippen molar-refractivity contribution in [3.05, 3.63) is 34.3 Å². The minimum Gasteiger partial charge on any atom is -0.351 e. The van der Waals surface area contributed by atoms with Crippen LogP contribution in [0, 0.1) is 6.92 Å². The molecule has 124 valence electrons. The highest BCUT2D eigenvalue weighted by atomic mass is 32.1. The molecule has 0 aromatic carbocycles. The number of anilines is 1. The smallest absolute Gasteiger partial charge is 0.298 e. The standard InChI is InChI=1S/C16H17N5O2S/c1-4-21(15(22)12-7-9(2)19-23-12)16-18-14-10-8-17-20(3)11(10)5-6-13(14)24-16/h7-8H,4-6H2,1-3H3. The molecule has 4 rings (SSSR count). The van der Waals surface area contributed by atoms with Crippen molar-refractivity contribution >= 4 is 22.4 Å². The zero-order valence-corrected chi connectivity index (χ0v) is 14.6. The van der Waals surface area contributed by atoms with E-state index in [1.165, 1.54) is 10.6 Å². The second-order valence-electron chi connectivity index (χ2n) is 5.78. The van der Waals surface area contributed by atoms with Crippen LogP contribution in [0.4, 0.5) is 5.13 Å². The van der Waals surface area contributed by atoms with Crippen LogP contribution >= 0.6 is 11.3 Å². The Morgan fingerprint density at radius 2 is 2.29 bits per heavy atom. The van der Waals surface area contributed by atoms with E-state index < -0.39 is 0 Å². The molecule has 8 heteroatoms. The van der Waals surface area contributed by atoms with Gasteiger partial charge in [0.1, 0.15) is 0 Å². The number of hydrogen-bond acceptors (Lipinski definition) is 6. The molecule has 3 aromatic rings. The number of carbonyl (C=O) groups is 1. The number of fused-ring (bicyclic) bond motifs is 3. The Balaban J connectivity index is 1.72. The summed E-state index contributed by atoms with van der Waals surface area (Å²) < 4.78 is 7.01. The van der Waals surface area contributed by atoms with Gasteiger partial charge in [0.25, 0.3) is 5.91 Å². The molecular formula is C16H17N5O2S. The third-order valence-corrected chi connectivity index (χ3v) is 5.36. The monoisotopic (exact) mass is 343 g/mol. The highest BCUT2D eigenvalue weighted by Gasteiger charge is 2.28. The lowest BCUT2D eigenvalue weighted by Crippen LogP contribution is -2.30. The number of aromatic nitrogens is 4. The summed E-state index contributed by atoms with van der Waals surface area (Å²) in [6, 6.07) is 1.65. The molecule has 3 aromatic heterocycles. The number of carbonyl (C=O) groups excluding carboxylic acids is 1. The molecule has 1 amide bonds. The van der Waals surface area contributed by atoms with E-state index in [1.54, 1.807) is 29.2 Å². The first-order valence-corrected chi connectivity index (χ1v) is 8.66. The van der Waals surface area contributed by atoms with E-state index in [0.717, 1.165) is 24.1 Å². The van der Waals surface area contributed by atoms with Crippen molar-refractivity contribution in [3.63, 3.8) is 0 Å². The van der Waals surface area contributed by atoms with Crippen LogP contribution in [0.25, 0.3) is 11.3 Å². The van der Waals surface area contributed by atoms with Crippen LogP contribution in [0.3, 0.4) is 0 Å². The summed E-state index contributed by atoms with van der Waals surface area (Å²) in [5.41, 5.74) is 3.90. The topological polar surface area (TPSA) is 77.1 Å². The molecule has 7 nitrogen and oxygen atoms in total. The third kappa shape index (κ3) is 2.25. The SMILES string of the molecule is CCN(C(=O)c1cc(C)no1)c1nc2c(s1)CCc1c-2cnn1C. The van der Waals surface area contributed by atoms with Gasteiger partial charge in [-0.25, -0.2) is 4.98 Å². The van der Waals surface area contributed by atoms with E-state index in [2.05, 4.69) is 10.3 Å². The van der Waals surface area contributed by atoms with Crippen LogP contribution in [0.15, 0.2) is 16.8 Å². The summed E-state index contributed by atoms with van der Waals surface area (Å²) in [6.45, 7) is 4.24. The number of hydrogen-bond donors (Lipinski definition) is 0. The fourth-order valence-electron chi connectivity index (χ4n) is 2.99. The first kappa shape index (κ1) is 15.1. The average Bonchev–Trinajstić information content (AvgIpc) is 3.26. The molecule has 0 N–H and O–H groups in total. The first-order valence-electron chi connectivity index (χ1n) is 7.84. The van der Waals surface area contributed by atoms with Crippen LogP contribution in [-0.4, -0.2) is 32.4 Å². The fraction of sp³-hybridized carbons (Fsp3) is 0.375. The lowest BCUT2D eigenvalue weighted by molar-refractivity contribution is 0.0952. The van der Waals surface area contributed by atoms with Crippen molar-refractivity contribution in [1.29, 1.82) is 0 Å². The summed E-state index contributed by atoms with van der Waals surface area (Å²) in [5, 5.41) is 8.82. The fourth-order valence-corrected chi connectivity index (χ4v) is 4.12. The van der Waals surface area contributed by atoms with E-state index in [9.17, 15) is 4.79 Å². The Labute approximate surface area is 142 Å². The van der Waals surface area contributed by atoms with Gasteiger partial charge in [-0.1, -0.05) is 5.16 Å². The molecule has 1 aliphatic carbocycles. The molecule has 0 radical (unpaired) electrons. The quantitative estimate of drug-likeness (QED) is 0.730. The maximum atomic E-state index is 12.7. The highest BCUT2D eigenvalue weighted by molar-refractivity contribution is 7.16. The van der Waals surface area contributed by atoms with Gasteiger partial charge >= 0.3 is 0 Å². The minimum absolute atomic E-state index is 0.212. The van der Waals surface area contributed by atoms with Crippen LogP contribution in [0.1, 0.15) is 33.7 Å². The van der Waals surface area contributed by atoms with Crippen LogP contribution in [0.5, 0.6) is 0 Å². The van der Waals surface area contributed by atoms with Gasteiger partial charge in [0.2, 0.25) is 5.76 Å². The Bertz CT molecular complexity index is 923. The molecule has 0 bridgehead atoms. The minimum atomic E-state index is -0.212. The maximum Gasteiger partial charge on any atom is 0.298 e. The molecule has 0 saturated heterocycles. The normalized spacial score (nSPS) is 12.8. The van der Waals surface area contributed by atoms with Gasteiger partial charge in [0.05, 0.1) is 17.6 Å². The summed E-state index contributed by atoms with van der Waals surface area (Å²) in [7, 11) is 1.95. The maximum absolute atomic E-state index is 12.7. The van der Waals surface area contributed by atoms with Gasteiger partial charge < -0.3 is 4.52 Å². The Morgan fingerprint density at radius 1 is 1.46 bits per heavy atom. The third-order valence-electron chi connectivity index (χ3n) is 4.22.